The highest BCUT2D eigenvalue weighted by molar-refractivity contribution is 7.13. The summed E-state index contributed by atoms with van der Waals surface area (Å²) in [5.74, 6) is 0.669. The number of rotatable bonds is 9. The topological polar surface area (TPSA) is 12.9 Å². The second kappa shape index (κ2) is 8.41. The maximum absolute atomic E-state index is 4.79. The first-order chi connectivity index (χ1) is 9.86. The van der Waals surface area contributed by atoms with Crippen LogP contribution >= 0.6 is 11.5 Å². The van der Waals surface area contributed by atoms with Crippen molar-refractivity contribution in [2.45, 2.75) is 71.1 Å². The third kappa shape index (κ3) is 4.05. The van der Waals surface area contributed by atoms with Crippen LogP contribution in [0.1, 0.15) is 76.8 Å². The normalized spacial score (nSPS) is 12.9. The van der Waals surface area contributed by atoms with E-state index >= 15 is 0 Å². The monoisotopic (exact) mass is 289 g/mol. The van der Waals surface area contributed by atoms with Crippen LogP contribution in [-0.4, -0.2) is 4.37 Å². The minimum absolute atomic E-state index is 0.669. The van der Waals surface area contributed by atoms with E-state index in [1.54, 1.807) is 11.5 Å². The average molecular weight is 289 g/mol. The fourth-order valence-corrected chi connectivity index (χ4v) is 3.74. The van der Waals surface area contributed by atoms with Crippen molar-refractivity contribution in [2.24, 2.45) is 0 Å². The number of hydrogen-bond acceptors (Lipinski definition) is 2. The molecule has 2 aromatic rings. The molecule has 1 atom stereocenters. The Bertz CT molecular complexity index is 503. The van der Waals surface area contributed by atoms with Crippen molar-refractivity contribution in [2.75, 3.05) is 0 Å². The lowest BCUT2D eigenvalue weighted by atomic mass is 9.90. The summed E-state index contributed by atoms with van der Waals surface area (Å²) in [4.78, 5) is 0. The van der Waals surface area contributed by atoms with E-state index in [9.17, 15) is 0 Å². The van der Waals surface area contributed by atoms with E-state index in [1.807, 2.05) is 0 Å². The van der Waals surface area contributed by atoms with E-state index in [0.717, 1.165) is 0 Å². The Hall–Kier alpha value is -0.890. The number of benzene rings is 1. The smallest absolute Gasteiger partial charge is 0.0651 e. The summed E-state index contributed by atoms with van der Waals surface area (Å²) in [6.45, 7) is 4.57. The maximum atomic E-state index is 4.79. The molecule has 1 heterocycles. The summed E-state index contributed by atoms with van der Waals surface area (Å²) in [6, 6.07) is 8.71. The van der Waals surface area contributed by atoms with E-state index in [-0.39, 0.29) is 0 Å². The zero-order valence-corrected chi connectivity index (χ0v) is 13.7. The molecule has 0 fully saturated rings. The van der Waals surface area contributed by atoms with Gasteiger partial charge in [-0.05, 0) is 30.4 Å². The van der Waals surface area contributed by atoms with Gasteiger partial charge in [0.1, 0.15) is 0 Å². The Kier molecular flexibility index (Phi) is 6.52. The highest BCUT2D eigenvalue weighted by Crippen LogP contribution is 2.34. The van der Waals surface area contributed by atoms with Crippen LogP contribution in [0.5, 0.6) is 0 Å². The van der Waals surface area contributed by atoms with Crippen molar-refractivity contribution in [3.05, 3.63) is 30.0 Å². The van der Waals surface area contributed by atoms with Crippen LogP contribution < -0.4 is 0 Å². The molecule has 0 bridgehead atoms. The maximum Gasteiger partial charge on any atom is 0.0651 e. The van der Waals surface area contributed by atoms with E-state index in [4.69, 9.17) is 4.37 Å². The van der Waals surface area contributed by atoms with E-state index in [1.165, 1.54) is 67.1 Å². The van der Waals surface area contributed by atoms with Gasteiger partial charge in [-0.15, -0.1) is 0 Å². The SMILES string of the molecule is CCCCCCC(CCCC)c1nsc2ccccc12. The highest BCUT2D eigenvalue weighted by Gasteiger charge is 2.17. The lowest BCUT2D eigenvalue weighted by Gasteiger charge is -2.15. The van der Waals surface area contributed by atoms with Crippen molar-refractivity contribution in [3.63, 3.8) is 0 Å². The Morgan fingerprint density at radius 3 is 2.50 bits per heavy atom. The second-order valence-corrected chi connectivity index (χ2v) is 6.56. The van der Waals surface area contributed by atoms with Crippen LogP contribution in [0, 0.1) is 0 Å². The van der Waals surface area contributed by atoms with Crippen LogP contribution in [0.2, 0.25) is 0 Å². The van der Waals surface area contributed by atoms with Gasteiger partial charge in [0.2, 0.25) is 0 Å². The lowest BCUT2D eigenvalue weighted by Crippen LogP contribution is -2.00. The quantitative estimate of drug-likeness (QED) is 0.477. The molecule has 1 unspecified atom stereocenters. The van der Waals surface area contributed by atoms with Crippen molar-refractivity contribution in [1.29, 1.82) is 0 Å². The molecule has 1 aromatic heterocycles. The fourth-order valence-electron chi connectivity index (χ4n) is 2.89. The number of hydrogen-bond donors (Lipinski definition) is 0. The molecular formula is C18H27NS. The Balaban J connectivity index is 2.08. The molecule has 1 nitrogen and oxygen atoms in total. The third-order valence-corrected chi connectivity index (χ3v) is 4.95. The van der Waals surface area contributed by atoms with Gasteiger partial charge >= 0.3 is 0 Å². The van der Waals surface area contributed by atoms with E-state index in [0.29, 0.717) is 5.92 Å². The molecule has 0 aliphatic carbocycles. The highest BCUT2D eigenvalue weighted by atomic mass is 32.1. The van der Waals surface area contributed by atoms with Crippen molar-refractivity contribution >= 4 is 21.6 Å². The predicted octanol–water partition coefficient (Wildman–Crippen LogP) is 6.54. The lowest BCUT2D eigenvalue weighted by molar-refractivity contribution is 0.505. The molecule has 0 N–H and O–H groups in total. The first-order valence-electron chi connectivity index (χ1n) is 8.21. The van der Waals surface area contributed by atoms with Gasteiger partial charge in [0.05, 0.1) is 10.4 Å². The molecule has 0 amide bonds. The average Bonchev–Trinajstić information content (AvgIpc) is 2.91. The Labute approximate surface area is 127 Å². The summed E-state index contributed by atoms with van der Waals surface area (Å²) < 4.78 is 6.13. The van der Waals surface area contributed by atoms with Gasteiger partial charge < -0.3 is 0 Å². The second-order valence-electron chi connectivity index (χ2n) is 5.75. The van der Waals surface area contributed by atoms with Gasteiger partial charge in [0.25, 0.3) is 0 Å². The molecule has 110 valence electrons. The summed E-state index contributed by atoms with van der Waals surface area (Å²) in [5, 5.41) is 1.40. The molecule has 20 heavy (non-hydrogen) atoms. The molecule has 0 aliphatic rings. The minimum atomic E-state index is 0.669. The summed E-state index contributed by atoms with van der Waals surface area (Å²) in [6.07, 6.45) is 10.6. The molecule has 0 saturated carbocycles. The predicted molar refractivity (Wildman–Crippen MR) is 90.6 cm³/mol. The van der Waals surface area contributed by atoms with Crippen LogP contribution in [0.25, 0.3) is 10.1 Å². The number of fused-ring (bicyclic) bond motifs is 1. The zero-order valence-electron chi connectivity index (χ0n) is 12.9. The van der Waals surface area contributed by atoms with E-state index in [2.05, 4.69) is 38.1 Å². The van der Waals surface area contributed by atoms with Crippen LogP contribution in [-0.2, 0) is 0 Å². The molecule has 0 aliphatic heterocycles. The Morgan fingerprint density at radius 2 is 1.70 bits per heavy atom. The van der Waals surface area contributed by atoms with Crippen LogP contribution in [0.15, 0.2) is 24.3 Å². The van der Waals surface area contributed by atoms with Gasteiger partial charge in [-0.1, -0.05) is 70.6 Å². The number of nitrogens with zero attached hydrogens (tertiary/aromatic N) is 1. The Morgan fingerprint density at radius 1 is 0.950 bits per heavy atom. The van der Waals surface area contributed by atoms with Crippen LogP contribution in [0.3, 0.4) is 0 Å². The largest absolute Gasteiger partial charge is 0.196 e. The van der Waals surface area contributed by atoms with Gasteiger partial charge in [-0.25, -0.2) is 0 Å². The molecule has 0 saturated heterocycles. The molecule has 1 aromatic carbocycles. The van der Waals surface area contributed by atoms with E-state index < -0.39 is 0 Å². The summed E-state index contributed by atoms with van der Waals surface area (Å²) in [5.41, 5.74) is 1.37. The van der Waals surface area contributed by atoms with Crippen molar-refractivity contribution in [3.8, 4) is 0 Å². The molecule has 0 spiro atoms. The van der Waals surface area contributed by atoms with Gasteiger partial charge in [0, 0.05) is 11.3 Å². The standard InChI is InChI=1S/C18H27NS/c1-3-5-7-8-12-15(11-6-4-2)18-16-13-9-10-14-17(16)20-19-18/h9-10,13-15H,3-8,11-12H2,1-2H3. The first-order valence-corrected chi connectivity index (χ1v) is 8.98. The summed E-state index contributed by atoms with van der Waals surface area (Å²) >= 11 is 1.67. The molecular weight excluding hydrogens is 262 g/mol. The van der Waals surface area contributed by atoms with Crippen molar-refractivity contribution in [1.82, 2.24) is 4.37 Å². The van der Waals surface area contributed by atoms with Gasteiger partial charge in [-0.3, -0.25) is 0 Å². The van der Waals surface area contributed by atoms with Gasteiger partial charge in [0.15, 0.2) is 0 Å². The minimum Gasteiger partial charge on any atom is -0.196 e. The van der Waals surface area contributed by atoms with Gasteiger partial charge in [-0.2, -0.15) is 4.37 Å². The first kappa shape index (κ1) is 15.5. The molecule has 2 heteroatoms. The van der Waals surface area contributed by atoms with Crippen LogP contribution in [0.4, 0.5) is 0 Å². The third-order valence-electron chi connectivity index (χ3n) is 4.10. The zero-order chi connectivity index (χ0) is 14.2. The molecule has 0 radical (unpaired) electrons. The summed E-state index contributed by atoms with van der Waals surface area (Å²) in [7, 11) is 0. The number of unbranched alkanes of at least 4 members (excludes halogenated alkanes) is 4. The van der Waals surface area contributed by atoms with Crippen molar-refractivity contribution < 1.29 is 0 Å². The number of aromatic nitrogens is 1. The fraction of sp³-hybridized carbons (Fsp3) is 0.611. The molecule has 2 rings (SSSR count).